The number of hydrogen-bond acceptors (Lipinski definition) is 4. The smallest absolute Gasteiger partial charge is 0.297 e. The molecule has 0 atom stereocenters. The monoisotopic (exact) mass is 260 g/mol. The lowest BCUT2D eigenvalue weighted by Crippen LogP contribution is -2.27. The summed E-state index contributed by atoms with van der Waals surface area (Å²) in [5, 5.41) is 6.65. The van der Waals surface area contributed by atoms with Crippen molar-refractivity contribution in [2.75, 3.05) is 19.1 Å². The SMILES string of the molecule is CCc1nc(C(=O)N(C)c2ccc(OC)cc2)n[nH]1. The van der Waals surface area contributed by atoms with Crippen LogP contribution in [-0.2, 0) is 6.42 Å². The van der Waals surface area contributed by atoms with Gasteiger partial charge in [0.05, 0.1) is 7.11 Å². The van der Waals surface area contributed by atoms with E-state index in [1.807, 2.05) is 19.1 Å². The molecule has 0 radical (unpaired) electrons. The van der Waals surface area contributed by atoms with E-state index >= 15 is 0 Å². The van der Waals surface area contributed by atoms with Crippen molar-refractivity contribution < 1.29 is 9.53 Å². The summed E-state index contributed by atoms with van der Waals surface area (Å²) in [6.07, 6.45) is 0.715. The molecule has 6 nitrogen and oxygen atoms in total. The molecule has 1 aromatic heterocycles. The van der Waals surface area contributed by atoms with E-state index in [0.717, 1.165) is 11.4 Å². The van der Waals surface area contributed by atoms with Gasteiger partial charge in [0.2, 0.25) is 5.82 Å². The van der Waals surface area contributed by atoms with Crippen LogP contribution in [0.5, 0.6) is 5.75 Å². The third kappa shape index (κ3) is 2.73. The quantitative estimate of drug-likeness (QED) is 0.907. The molecular formula is C13H16N4O2. The van der Waals surface area contributed by atoms with E-state index in [1.165, 1.54) is 4.90 Å². The van der Waals surface area contributed by atoms with Crippen molar-refractivity contribution in [3.8, 4) is 5.75 Å². The Labute approximate surface area is 111 Å². The average molecular weight is 260 g/mol. The van der Waals surface area contributed by atoms with E-state index in [0.29, 0.717) is 12.2 Å². The summed E-state index contributed by atoms with van der Waals surface area (Å²) < 4.78 is 5.08. The van der Waals surface area contributed by atoms with E-state index in [4.69, 9.17) is 4.74 Å². The number of amides is 1. The van der Waals surface area contributed by atoms with Crippen molar-refractivity contribution in [3.05, 3.63) is 35.9 Å². The fourth-order valence-corrected chi connectivity index (χ4v) is 1.62. The molecule has 6 heteroatoms. The topological polar surface area (TPSA) is 71.1 Å². The minimum atomic E-state index is -0.249. The molecule has 0 fully saturated rings. The largest absolute Gasteiger partial charge is 0.497 e. The Morgan fingerprint density at radius 3 is 2.58 bits per heavy atom. The average Bonchev–Trinajstić information content (AvgIpc) is 2.94. The Morgan fingerprint density at radius 2 is 2.05 bits per heavy atom. The standard InChI is InChI=1S/C13H16N4O2/c1-4-11-14-12(16-15-11)13(18)17(2)9-5-7-10(19-3)8-6-9/h5-8H,4H2,1-3H3,(H,14,15,16). The normalized spacial score (nSPS) is 10.3. The highest BCUT2D eigenvalue weighted by Crippen LogP contribution is 2.19. The van der Waals surface area contributed by atoms with Gasteiger partial charge in [0.15, 0.2) is 0 Å². The molecule has 1 amide bonds. The zero-order valence-corrected chi connectivity index (χ0v) is 11.2. The summed E-state index contributed by atoms with van der Waals surface area (Å²) in [7, 11) is 3.29. The van der Waals surface area contributed by atoms with Gasteiger partial charge in [-0.15, -0.1) is 5.10 Å². The van der Waals surface area contributed by atoms with Gasteiger partial charge in [0.25, 0.3) is 5.91 Å². The number of anilines is 1. The molecule has 0 saturated carbocycles. The Morgan fingerprint density at radius 1 is 1.37 bits per heavy atom. The number of aromatic amines is 1. The predicted octanol–water partition coefficient (Wildman–Crippen LogP) is 1.65. The second-order valence-corrected chi connectivity index (χ2v) is 4.02. The molecule has 0 aliphatic rings. The molecule has 2 aromatic rings. The van der Waals surface area contributed by atoms with Crippen molar-refractivity contribution in [1.29, 1.82) is 0 Å². The van der Waals surface area contributed by atoms with E-state index < -0.39 is 0 Å². The summed E-state index contributed by atoms with van der Waals surface area (Å²) in [6.45, 7) is 1.95. The number of benzene rings is 1. The number of carbonyl (C=O) groups is 1. The van der Waals surface area contributed by atoms with Crippen LogP contribution in [0.1, 0.15) is 23.4 Å². The van der Waals surface area contributed by atoms with Crippen LogP contribution in [-0.4, -0.2) is 35.2 Å². The van der Waals surface area contributed by atoms with E-state index in [1.54, 1.807) is 26.3 Å². The third-order valence-electron chi connectivity index (χ3n) is 2.82. The second-order valence-electron chi connectivity index (χ2n) is 4.02. The molecule has 0 bridgehead atoms. The van der Waals surface area contributed by atoms with Crippen LogP contribution in [0.3, 0.4) is 0 Å². The van der Waals surface area contributed by atoms with Crippen molar-refractivity contribution in [1.82, 2.24) is 15.2 Å². The fraction of sp³-hybridized carbons (Fsp3) is 0.308. The number of nitrogens with zero attached hydrogens (tertiary/aromatic N) is 3. The predicted molar refractivity (Wildman–Crippen MR) is 71.5 cm³/mol. The van der Waals surface area contributed by atoms with Crippen LogP contribution in [0.4, 0.5) is 5.69 Å². The molecule has 19 heavy (non-hydrogen) atoms. The van der Waals surface area contributed by atoms with Gasteiger partial charge in [0, 0.05) is 19.2 Å². The molecule has 0 unspecified atom stereocenters. The molecule has 0 saturated heterocycles. The number of aryl methyl sites for hydroxylation is 1. The van der Waals surface area contributed by atoms with Gasteiger partial charge in [0.1, 0.15) is 11.6 Å². The first-order valence-electron chi connectivity index (χ1n) is 5.99. The Hall–Kier alpha value is -2.37. The minimum Gasteiger partial charge on any atom is -0.497 e. The van der Waals surface area contributed by atoms with Crippen LogP contribution < -0.4 is 9.64 Å². The molecule has 0 aliphatic carbocycles. The summed E-state index contributed by atoms with van der Waals surface area (Å²) in [5.41, 5.74) is 0.758. The van der Waals surface area contributed by atoms with Crippen molar-refractivity contribution in [3.63, 3.8) is 0 Å². The van der Waals surface area contributed by atoms with Crippen LogP contribution in [0, 0.1) is 0 Å². The van der Waals surface area contributed by atoms with Crippen LogP contribution in [0.25, 0.3) is 0 Å². The first-order chi connectivity index (χ1) is 9.15. The zero-order chi connectivity index (χ0) is 13.8. The van der Waals surface area contributed by atoms with E-state index in [-0.39, 0.29) is 11.7 Å². The van der Waals surface area contributed by atoms with E-state index in [9.17, 15) is 4.79 Å². The fourth-order valence-electron chi connectivity index (χ4n) is 1.62. The summed E-state index contributed by atoms with van der Waals surface area (Å²) in [4.78, 5) is 17.8. The number of rotatable bonds is 4. The first kappa shape index (κ1) is 13.1. The lowest BCUT2D eigenvalue weighted by atomic mass is 10.3. The highest BCUT2D eigenvalue weighted by Gasteiger charge is 2.18. The van der Waals surface area contributed by atoms with Crippen LogP contribution >= 0.6 is 0 Å². The molecule has 100 valence electrons. The number of carbonyl (C=O) groups excluding carboxylic acids is 1. The molecule has 2 rings (SSSR count). The Kier molecular flexibility index (Phi) is 3.79. The first-order valence-corrected chi connectivity index (χ1v) is 5.99. The maximum absolute atomic E-state index is 12.2. The number of nitrogens with one attached hydrogen (secondary N) is 1. The maximum Gasteiger partial charge on any atom is 0.297 e. The Balaban J connectivity index is 2.17. The Bertz CT molecular complexity index is 562. The molecule has 1 heterocycles. The van der Waals surface area contributed by atoms with Gasteiger partial charge in [-0.1, -0.05) is 6.92 Å². The summed E-state index contributed by atoms with van der Waals surface area (Å²) >= 11 is 0. The number of methoxy groups -OCH3 is 1. The van der Waals surface area contributed by atoms with Crippen LogP contribution in [0.15, 0.2) is 24.3 Å². The van der Waals surface area contributed by atoms with Gasteiger partial charge >= 0.3 is 0 Å². The van der Waals surface area contributed by atoms with Crippen molar-refractivity contribution in [2.24, 2.45) is 0 Å². The summed E-state index contributed by atoms with van der Waals surface area (Å²) in [6, 6.07) is 7.22. The van der Waals surface area contributed by atoms with Gasteiger partial charge in [-0.3, -0.25) is 9.89 Å². The second kappa shape index (κ2) is 5.51. The number of H-pyrrole nitrogens is 1. The maximum atomic E-state index is 12.2. The summed E-state index contributed by atoms with van der Waals surface area (Å²) in [5.74, 6) is 1.37. The number of ether oxygens (including phenoxy) is 1. The number of hydrogen-bond donors (Lipinski definition) is 1. The van der Waals surface area contributed by atoms with Gasteiger partial charge in [-0.25, -0.2) is 4.98 Å². The highest BCUT2D eigenvalue weighted by atomic mass is 16.5. The van der Waals surface area contributed by atoms with Gasteiger partial charge < -0.3 is 9.64 Å². The molecular weight excluding hydrogens is 244 g/mol. The van der Waals surface area contributed by atoms with E-state index in [2.05, 4.69) is 15.2 Å². The van der Waals surface area contributed by atoms with Gasteiger partial charge in [-0.05, 0) is 24.3 Å². The lowest BCUT2D eigenvalue weighted by molar-refractivity contribution is 0.0983. The molecule has 0 aliphatic heterocycles. The zero-order valence-electron chi connectivity index (χ0n) is 11.2. The van der Waals surface area contributed by atoms with Crippen LogP contribution in [0.2, 0.25) is 0 Å². The van der Waals surface area contributed by atoms with Crippen molar-refractivity contribution >= 4 is 11.6 Å². The molecule has 1 aromatic carbocycles. The molecule has 0 spiro atoms. The third-order valence-corrected chi connectivity index (χ3v) is 2.82. The lowest BCUT2D eigenvalue weighted by Gasteiger charge is -2.15. The van der Waals surface area contributed by atoms with Crippen molar-refractivity contribution in [2.45, 2.75) is 13.3 Å². The molecule has 1 N–H and O–H groups in total. The minimum absolute atomic E-state index is 0.176. The van der Waals surface area contributed by atoms with Gasteiger partial charge in [-0.2, -0.15) is 0 Å². The highest BCUT2D eigenvalue weighted by molar-refractivity contribution is 6.03. The number of aromatic nitrogens is 3.